The van der Waals surface area contributed by atoms with Crippen molar-refractivity contribution < 1.29 is 37.4 Å². The van der Waals surface area contributed by atoms with Crippen LogP contribution < -0.4 is 10.1 Å². The van der Waals surface area contributed by atoms with Gasteiger partial charge in [-0.05, 0) is 61.6 Å². The molecule has 0 spiro atoms. The van der Waals surface area contributed by atoms with Crippen LogP contribution in [0.25, 0.3) is 0 Å². The summed E-state index contributed by atoms with van der Waals surface area (Å²) in [6.45, 7) is 2.46. The van der Waals surface area contributed by atoms with Crippen molar-refractivity contribution in [1.29, 1.82) is 0 Å². The summed E-state index contributed by atoms with van der Waals surface area (Å²) < 4.78 is 41.5. The van der Waals surface area contributed by atoms with Gasteiger partial charge >= 0.3 is 12.3 Å². The molecule has 220 valence electrons. The molecule has 4 rings (SSSR count). The maximum atomic E-state index is 13.7. The van der Waals surface area contributed by atoms with Crippen LogP contribution in [-0.4, -0.2) is 58.6 Å². The van der Waals surface area contributed by atoms with E-state index in [-0.39, 0.29) is 42.9 Å². The largest absolute Gasteiger partial charge is 0.573 e. The average Bonchev–Trinajstić information content (AvgIpc) is 3.17. The van der Waals surface area contributed by atoms with Gasteiger partial charge in [0.2, 0.25) is 0 Å². The summed E-state index contributed by atoms with van der Waals surface area (Å²) in [5.74, 6) is -1.63. The first-order valence-electron chi connectivity index (χ1n) is 13.8. The van der Waals surface area contributed by atoms with Gasteiger partial charge in [0.1, 0.15) is 17.1 Å². The monoisotopic (exact) mass is 573 g/mol. The molecule has 0 bridgehead atoms. The van der Waals surface area contributed by atoms with Crippen LogP contribution in [-0.2, 0) is 22.4 Å². The topological polar surface area (TPSA) is 108 Å². The Hall–Kier alpha value is -3.89. The van der Waals surface area contributed by atoms with Gasteiger partial charge in [0, 0.05) is 31.0 Å². The van der Waals surface area contributed by atoms with Crippen molar-refractivity contribution in [3.05, 3.63) is 65.2 Å². The van der Waals surface area contributed by atoms with Crippen LogP contribution in [0.2, 0.25) is 0 Å². The second-order valence-corrected chi connectivity index (χ2v) is 10.7. The predicted molar refractivity (Wildman–Crippen MR) is 146 cm³/mol. The van der Waals surface area contributed by atoms with Crippen molar-refractivity contribution in [1.82, 2.24) is 10.2 Å². The van der Waals surface area contributed by atoms with E-state index in [0.717, 1.165) is 37.7 Å². The molecular weight excluding hydrogens is 539 g/mol. The number of halogens is 3. The predicted octanol–water partition coefficient (Wildman–Crippen LogP) is 5.15. The first-order chi connectivity index (χ1) is 19.4. The van der Waals surface area contributed by atoms with Crippen molar-refractivity contribution in [2.24, 2.45) is 10.9 Å². The van der Waals surface area contributed by atoms with Gasteiger partial charge in [0.05, 0.1) is 6.42 Å². The lowest BCUT2D eigenvalue weighted by molar-refractivity contribution is -0.274. The van der Waals surface area contributed by atoms with Crippen molar-refractivity contribution in [2.75, 3.05) is 13.1 Å². The van der Waals surface area contributed by atoms with Crippen molar-refractivity contribution in [3.63, 3.8) is 0 Å². The summed E-state index contributed by atoms with van der Waals surface area (Å²) in [5.41, 5.74) is 1.68. The first-order valence-corrected chi connectivity index (χ1v) is 13.8. The summed E-state index contributed by atoms with van der Waals surface area (Å²) in [7, 11) is 0. The minimum Gasteiger partial charge on any atom is -0.481 e. The van der Waals surface area contributed by atoms with Crippen LogP contribution >= 0.6 is 0 Å². The summed E-state index contributed by atoms with van der Waals surface area (Å²) >= 11 is 0. The normalized spacial score (nSPS) is 19.7. The van der Waals surface area contributed by atoms with Crippen LogP contribution in [0.15, 0.2) is 53.5 Å². The number of benzene rings is 2. The maximum absolute atomic E-state index is 13.7. The van der Waals surface area contributed by atoms with Crippen molar-refractivity contribution >= 4 is 23.5 Å². The number of aliphatic imine (C=N–C) groups is 1. The Morgan fingerprint density at radius 3 is 2.29 bits per heavy atom. The zero-order chi connectivity index (χ0) is 29.6. The van der Waals surface area contributed by atoms with E-state index in [0.29, 0.717) is 29.8 Å². The molecule has 2 amide bonds. The number of carboxylic acids is 1. The van der Waals surface area contributed by atoms with E-state index in [4.69, 9.17) is 10.1 Å². The standard InChI is InChI=1S/C30H34F3N3O5/c1-29(23-5-3-2-4-6-23)35-25(19-21-9-13-24(14-10-21)41-30(31,32)33)28(40)36(29)18-16-20-7-11-22(12-8-20)27(39)34-17-15-26(37)38/h7-14,23H,2-6,15-19H2,1H3,(H,34,39)(H,37,38). The Labute approximate surface area is 236 Å². The molecule has 2 aromatic carbocycles. The molecule has 11 heteroatoms. The van der Waals surface area contributed by atoms with Gasteiger partial charge in [-0.3, -0.25) is 19.4 Å². The number of carbonyl (C=O) groups is 3. The van der Waals surface area contributed by atoms with E-state index in [9.17, 15) is 27.6 Å². The fourth-order valence-corrected chi connectivity index (χ4v) is 5.60. The van der Waals surface area contributed by atoms with Gasteiger partial charge in [0.25, 0.3) is 11.8 Å². The Morgan fingerprint density at radius 1 is 1.05 bits per heavy atom. The maximum Gasteiger partial charge on any atom is 0.573 e. The highest BCUT2D eigenvalue weighted by Gasteiger charge is 2.48. The molecule has 0 saturated heterocycles. The summed E-state index contributed by atoms with van der Waals surface area (Å²) in [6, 6.07) is 12.5. The molecule has 1 fully saturated rings. The van der Waals surface area contributed by atoms with Crippen LogP contribution in [0.3, 0.4) is 0 Å². The number of amides is 2. The quantitative estimate of drug-likeness (QED) is 0.386. The second-order valence-electron chi connectivity index (χ2n) is 10.7. The highest BCUT2D eigenvalue weighted by molar-refractivity contribution is 6.41. The van der Waals surface area contributed by atoms with Crippen molar-refractivity contribution in [3.8, 4) is 5.75 Å². The van der Waals surface area contributed by atoms with Crippen molar-refractivity contribution in [2.45, 2.75) is 70.3 Å². The molecule has 2 aliphatic rings. The lowest BCUT2D eigenvalue weighted by Crippen LogP contribution is -2.51. The lowest BCUT2D eigenvalue weighted by atomic mass is 9.80. The van der Waals surface area contributed by atoms with Crippen LogP contribution in [0, 0.1) is 5.92 Å². The van der Waals surface area contributed by atoms with E-state index >= 15 is 0 Å². The Kier molecular flexibility index (Phi) is 9.35. The number of rotatable bonds is 11. The molecule has 1 aliphatic heterocycles. The highest BCUT2D eigenvalue weighted by atomic mass is 19.4. The number of hydrogen-bond acceptors (Lipinski definition) is 5. The minimum atomic E-state index is -4.77. The zero-order valence-electron chi connectivity index (χ0n) is 22.9. The summed E-state index contributed by atoms with van der Waals surface area (Å²) in [4.78, 5) is 43.3. The third kappa shape index (κ3) is 7.86. The molecule has 2 N–H and O–H groups in total. The number of ether oxygens (including phenoxy) is 1. The van der Waals surface area contributed by atoms with Crippen LogP contribution in [0.1, 0.15) is 66.9 Å². The van der Waals surface area contributed by atoms with Gasteiger partial charge in [0.15, 0.2) is 0 Å². The fourth-order valence-electron chi connectivity index (χ4n) is 5.60. The molecule has 8 nitrogen and oxygen atoms in total. The molecule has 2 aromatic rings. The number of nitrogens with zero attached hydrogens (tertiary/aromatic N) is 2. The third-order valence-corrected chi connectivity index (χ3v) is 7.77. The van der Waals surface area contributed by atoms with Gasteiger partial charge < -0.3 is 20.1 Å². The lowest BCUT2D eigenvalue weighted by Gasteiger charge is -2.41. The van der Waals surface area contributed by atoms with Crippen LogP contribution in [0.5, 0.6) is 5.75 Å². The highest BCUT2D eigenvalue weighted by Crippen LogP contribution is 2.41. The summed E-state index contributed by atoms with van der Waals surface area (Å²) in [6.07, 6.45) is 1.04. The number of nitrogens with one attached hydrogen (secondary N) is 1. The van der Waals surface area contributed by atoms with Gasteiger partial charge in [-0.25, -0.2) is 0 Å². The van der Waals surface area contributed by atoms with Gasteiger partial charge in [-0.2, -0.15) is 0 Å². The van der Waals surface area contributed by atoms with Gasteiger partial charge in [-0.1, -0.05) is 43.5 Å². The summed E-state index contributed by atoms with van der Waals surface area (Å²) in [5, 5.41) is 11.3. The number of alkyl halides is 3. The SMILES string of the molecule is CC1(C2CCCCC2)N=C(Cc2ccc(OC(F)(F)F)cc2)C(=O)N1CCc1ccc(C(=O)NCCC(=O)O)cc1. The van der Waals surface area contributed by atoms with E-state index in [2.05, 4.69) is 10.1 Å². The first kappa shape index (κ1) is 30.1. The van der Waals surface area contributed by atoms with E-state index < -0.39 is 18.0 Å². The van der Waals surface area contributed by atoms with E-state index in [1.54, 1.807) is 12.1 Å². The third-order valence-electron chi connectivity index (χ3n) is 7.77. The van der Waals surface area contributed by atoms with Crippen LogP contribution in [0.4, 0.5) is 13.2 Å². The number of aliphatic carboxylic acids is 1. The molecule has 0 radical (unpaired) electrons. The molecule has 1 atom stereocenters. The molecule has 1 heterocycles. The number of hydrogen-bond donors (Lipinski definition) is 2. The second kappa shape index (κ2) is 12.7. The minimum absolute atomic E-state index is 0.0422. The Bertz CT molecular complexity index is 1270. The number of carbonyl (C=O) groups excluding carboxylic acids is 2. The molecule has 1 unspecified atom stereocenters. The zero-order valence-corrected chi connectivity index (χ0v) is 22.9. The average molecular weight is 574 g/mol. The van der Waals surface area contributed by atoms with E-state index in [1.807, 2.05) is 24.0 Å². The fraction of sp³-hybridized carbons (Fsp3) is 0.467. The molecular formula is C30H34F3N3O5. The Balaban J connectivity index is 1.45. The Morgan fingerprint density at radius 2 is 1.68 bits per heavy atom. The smallest absolute Gasteiger partial charge is 0.481 e. The molecule has 1 saturated carbocycles. The number of carboxylic acid groups (broad SMARTS) is 1. The van der Waals surface area contributed by atoms with E-state index in [1.165, 1.54) is 24.3 Å². The molecule has 1 aliphatic carbocycles. The van der Waals surface area contributed by atoms with Gasteiger partial charge in [-0.15, -0.1) is 13.2 Å². The molecule has 41 heavy (non-hydrogen) atoms. The molecule has 0 aromatic heterocycles.